The monoisotopic (exact) mass is 246 g/mol. The van der Waals surface area contributed by atoms with Gasteiger partial charge < -0.3 is 10.2 Å². The van der Waals surface area contributed by atoms with Crippen LogP contribution in [0.2, 0.25) is 0 Å². The van der Waals surface area contributed by atoms with Crippen molar-refractivity contribution in [2.75, 3.05) is 18.0 Å². The lowest BCUT2D eigenvalue weighted by Gasteiger charge is -2.33. The van der Waals surface area contributed by atoms with E-state index in [0.717, 1.165) is 6.54 Å². The zero-order valence-electron chi connectivity index (χ0n) is 11.9. The molecule has 1 aliphatic heterocycles. The molecule has 2 rings (SSSR count). The van der Waals surface area contributed by atoms with Gasteiger partial charge in [0.05, 0.1) is 0 Å². The number of hydrogen-bond acceptors (Lipinski definition) is 2. The number of nitrogens with zero attached hydrogens (tertiary/aromatic N) is 1. The van der Waals surface area contributed by atoms with E-state index < -0.39 is 0 Å². The molecule has 2 nitrogen and oxygen atoms in total. The number of aryl methyl sites for hydroxylation is 1. The fourth-order valence-electron chi connectivity index (χ4n) is 2.75. The molecule has 1 aliphatic rings. The lowest BCUT2D eigenvalue weighted by atomic mass is 10.0. The fourth-order valence-corrected chi connectivity index (χ4v) is 2.75. The topological polar surface area (TPSA) is 15.3 Å². The third-order valence-electron chi connectivity index (χ3n) is 3.96. The van der Waals surface area contributed by atoms with Crippen LogP contribution < -0.4 is 10.2 Å². The third-order valence-corrected chi connectivity index (χ3v) is 3.96. The van der Waals surface area contributed by atoms with Crippen LogP contribution in [-0.2, 0) is 0 Å². The summed E-state index contributed by atoms with van der Waals surface area (Å²) in [5.41, 5.74) is 2.74. The maximum Gasteiger partial charge on any atom is 0.0368 e. The van der Waals surface area contributed by atoms with E-state index in [4.69, 9.17) is 0 Å². The van der Waals surface area contributed by atoms with Gasteiger partial charge in [-0.15, -0.1) is 0 Å². The number of rotatable bonds is 2. The first-order chi connectivity index (χ1) is 8.69. The average molecular weight is 246 g/mol. The Hall–Kier alpha value is -1.02. The van der Waals surface area contributed by atoms with Crippen molar-refractivity contribution >= 4 is 5.69 Å². The lowest BCUT2D eigenvalue weighted by Crippen LogP contribution is -2.44. The van der Waals surface area contributed by atoms with E-state index in [2.05, 4.69) is 55.3 Å². The van der Waals surface area contributed by atoms with Crippen molar-refractivity contribution in [2.45, 2.75) is 52.1 Å². The van der Waals surface area contributed by atoms with E-state index in [-0.39, 0.29) is 0 Å². The Morgan fingerprint density at radius 1 is 1.28 bits per heavy atom. The van der Waals surface area contributed by atoms with E-state index in [1.165, 1.54) is 37.1 Å². The van der Waals surface area contributed by atoms with E-state index in [1.807, 2.05) is 0 Å². The van der Waals surface area contributed by atoms with E-state index in [0.29, 0.717) is 12.1 Å². The number of hydrogen-bond donors (Lipinski definition) is 1. The quantitative estimate of drug-likeness (QED) is 0.861. The van der Waals surface area contributed by atoms with Crippen LogP contribution in [0.4, 0.5) is 5.69 Å². The van der Waals surface area contributed by atoms with Gasteiger partial charge in [-0.1, -0.05) is 19.1 Å². The number of nitrogens with one attached hydrogen (secondary N) is 1. The number of anilines is 1. The first-order valence-corrected chi connectivity index (χ1v) is 7.26. The van der Waals surface area contributed by atoms with Crippen molar-refractivity contribution in [1.82, 2.24) is 5.32 Å². The predicted molar refractivity (Wildman–Crippen MR) is 79.3 cm³/mol. The van der Waals surface area contributed by atoms with Crippen molar-refractivity contribution in [3.8, 4) is 0 Å². The Bertz CT molecular complexity index is 375. The summed E-state index contributed by atoms with van der Waals surface area (Å²) in [6.07, 6.45) is 3.70. The standard InChI is InChI=1S/C16H26N2/c1-4-15-9-11-18(10-8-14(3)17-15)16-7-5-6-13(2)12-16/h5-7,12,14-15,17H,4,8-11H2,1-3H3. The summed E-state index contributed by atoms with van der Waals surface area (Å²) in [7, 11) is 0. The highest BCUT2D eigenvalue weighted by Crippen LogP contribution is 2.19. The van der Waals surface area contributed by atoms with Crippen LogP contribution in [0.25, 0.3) is 0 Å². The minimum absolute atomic E-state index is 0.627. The molecule has 0 saturated carbocycles. The van der Waals surface area contributed by atoms with Gasteiger partial charge in [-0.3, -0.25) is 0 Å². The van der Waals surface area contributed by atoms with Gasteiger partial charge in [0.2, 0.25) is 0 Å². The second kappa shape index (κ2) is 6.24. The molecule has 0 aromatic heterocycles. The maximum absolute atomic E-state index is 3.73. The zero-order valence-corrected chi connectivity index (χ0v) is 11.9. The fraction of sp³-hybridized carbons (Fsp3) is 0.625. The average Bonchev–Trinajstić information content (AvgIpc) is 2.34. The molecule has 0 amide bonds. The van der Waals surface area contributed by atoms with Gasteiger partial charge in [0.1, 0.15) is 0 Å². The molecule has 1 N–H and O–H groups in total. The summed E-state index contributed by atoms with van der Waals surface area (Å²) in [6, 6.07) is 10.2. The van der Waals surface area contributed by atoms with Crippen molar-refractivity contribution in [2.24, 2.45) is 0 Å². The summed E-state index contributed by atoms with van der Waals surface area (Å²) in [5.74, 6) is 0. The SMILES string of the molecule is CCC1CCN(c2cccc(C)c2)CCC(C)N1. The second-order valence-electron chi connectivity index (χ2n) is 5.58. The van der Waals surface area contributed by atoms with Gasteiger partial charge in [-0.25, -0.2) is 0 Å². The highest BCUT2D eigenvalue weighted by Gasteiger charge is 2.17. The van der Waals surface area contributed by atoms with Gasteiger partial charge in [0.25, 0.3) is 0 Å². The van der Waals surface area contributed by atoms with Crippen molar-refractivity contribution < 1.29 is 0 Å². The highest BCUT2D eigenvalue weighted by molar-refractivity contribution is 5.48. The number of benzene rings is 1. The van der Waals surface area contributed by atoms with Gasteiger partial charge in [-0.2, -0.15) is 0 Å². The lowest BCUT2D eigenvalue weighted by molar-refractivity contribution is 0.378. The van der Waals surface area contributed by atoms with Crippen LogP contribution in [0, 0.1) is 6.92 Å². The molecule has 1 fully saturated rings. The van der Waals surface area contributed by atoms with E-state index in [1.54, 1.807) is 0 Å². The first kappa shape index (κ1) is 13.4. The van der Waals surface area contributed by atoms with Crippen molar-refractivity contribution in [3.05, 3.63) is 29.8 Å². The highest BCUT2D eigenvalue weighted by atomic mass is 15.1. The molecule has 2 unspecified atom stereocenters. The molecule has 0 bridgehead atoms. The Labute approximate surface area is 111 Å². The molecule has 1 aromatic carbocycles. The largest absolute Gasteiger partial charge is 0.371 e. The summed E-state index contributed by atoms with van der Waals surface area (Å²) in [5, 5.41) is 3.73. The summed E-state index contributed by atoms with van der Waals surface area (Å²) < 4.78 is 0. The molecular weight excluding hydrogens is 220 g/mol. The first-order valence-electron chi connectivity index (χ1n) is 7.26. The van der Waals surface area contributed by atoms with Crippen LogP contribution in [0.5, 0.6) is 0 Å². The molecule has 100 valence electrons. The Morgan fingerprint density at radius 2 is 2.06 bits per heavy atom. The molecular formula is C16H26N2. The molecule has 1 heterocycles. The molecule has 2 heteroatoms. The van der Waals surface area contributed by atoms with Crippen molar-refractivity contribution in [1.29, 1.82) is 0 Å². The second-order valence-corrected chi connectivity index (χ2v) is 5.58. The summed E-state index contributed by atoms with van der Waals surface area (Å²) in [6.45, 7) is 9.09. The van der Waals surface area contributed by atoms with Crippen LogP contribution in [0.3, 0.4) is 0 Å². The predicted octanol–water partition coefficient (Wildman–Crippen LogP) is 3.35. The van der Waals surface area contributed by atoms with Gasteiger partial charge in [0.15, 0.2) is 0 Å². The normalized spacial score (nSPS) is 25.6. The van der Waals surface area contributed by atoms with Gasteiger partial charge >= 0.3 is 0 Å². The molecule has 0 radical (unpaired) electrons. The molecule has 0 spiro atoms. The summed E-state index contributed by atoms with van der Waals surface area (Å²) >= 11 is 0. The minimum Gasteiger partial charge on any atom is -0.371 e. The molecule has 18 heavy (non-hydrogen) atoms. The molecule has 1 saturated heterocycles. The minimum atomic E-state index is 0.627. The van der Waals surface area contributed by atoms with Crippen LogP contribution in [0.15, 0.2) is 24.3 Å². The van der Waals surface area contributed by atoms with Crippen LogP contribution in [-0.4, -0.2) is 25.2 Å². The summed E-state index contributed by atoms with van der Waals surface area (Å²) in [4.78, 5) is 2.55. The Morgan fingerprint density at radius 3 is 2.78 bits per heavy atom. The van der Waals surface area contributed by atoms with E-state index >= 15 is 0 Å². The molecule has 0 aliphatic carbocycles. The zero-order chi connectivity index (χ0) is 13.0. The van der Waals surface area contributed by atoms with Crippen LogP contribution >= 0.6 is 0 Å². The third kappa shape index (κ3) is 3.49. The van der Waals surface area contributed by atoms with Gasteiger partial charge in [-0.05, 0) is 50.8 Å². The molecule has 1 aromatic rings. The smallest absolute Gasteiger partial charge is 0.0368 e. The van der Waals surface area contributed by atoms with Crippen LogP contribution in [0.1, 0.15) is 38.7 Å². The Kier molecular flexibility index (Phi) is 4.65. The van der Waals surface area contributed by atoms with Crippen molar-refractivity contribution in [3.63, 3.8) is 0 Å². The molecule has 2 atom stereocenters. The maximum atomic E-state index is 3.73. The Balaban J connectivity index is 2.08. The van der Waals surface area contributed by atoms with E-state index in [9.17, 15) is 0 Å². The van der Waals surface area contributed by atoms with Gasteiger partial charge in [0, 0.05) is 30.9 Å².